The molecule has 6 heterocycles. The number of nitrogens with two attached hydrogens (primary N) is 1. The van der Waals surface area contributed by atoms with Gasteiger partial charge < -0.3 is 19.8 Å². The predicted molar refractivity (Wildman–Crippen MR) is 142 cm³/mol. The van der Waals surface area contributed by atoms with E-state index in [0.717, 1.165) is 25.5 Å². The second-order valence-electron chi connectivity index (χ2n) is 10.6. The number of nitrogen functional groups attached to an aromatic ring is 1. The number of hydrogen-bond acceptors (Lipinski definition) is 9. The van der Waals surface area contributed by atoms with Crippen LogP contribution in [-0.2, 0) is 6.18 Å². The molecule has 9 nitrogen and oxygen atoms in total. The second kappa shape index (κ2) is 10.5. The first-order chi connectivity index (χ1) is 18.9. The molecule has 3 aromatic heterocycles. The fourth-order valence-electron chi connectivity index (χ4n) is 5.82. The Hall–Kier alpha value is -3.48. The first kappa shape index (κ1) is 28.1. The monoisotopic (exact) mass is 564 g/mol. The number of rotatable bonds is 3. The molecular formula is C27H32F4N6O3. The summed E-state index contributed by atoms with van der Waals surface area (Å²) in [5.41, 5.74) is 3.48. The van der Waals surface area contributed by atoms with E-state index < -0.39 is 29.2 Å². The van der Waals surface area contributed by atoms with Crippen molar-refractivity contribution in [3.63, 3.8) is 0 Å². The predicted octanol–water partition coefficient (Wildman–Crippen LogP) is 4.66. The highest BCUT2D eigenvalue weighted by Gasteiger charge is 2.39. The third kappa shape index (κ3) is 5.06. The Balaban J connectivity index is 0.000000301. The maximum Gasteiger partial charge on any atom is 0.418 e. The normalized spacial score (nSPS) is 22.6. The Morgan fingerprint density at radius 3 is 2.50 bits per heavy atom. The van der Waals surface area contributed by atoms with E-state index in [2.05, 4.69) is 19.9 Å². The number of alkyl halides is 4. The number of anilines is 2. The van der Waals surface area contributed by atoms with Gasteiger partial charge in [0, 0.05) is 30.7 Å². The number of nitrogens with zero attached hydrogens (tertiary/aromatic N) is 5. The van der Waals surface area contributed by atoms with Gasteiger partial charge in [-0.05, 0) is 64.6 Å². The Morgan fingerprint density at radius 1 is 1.15 bits per heavy atom. The molecule has 0 bridgehead atoms. The summed E-state index contributed by atoms with van der Waals surface area (Å²) >= 11 is 0. The topological polar surface area (TPSA) is 111 Å². The molecule has 6 rings (SSSR count). The van der Waals surface area contributed by atoms with Crippen molar-refractivity contribution in [2.45, 2.75) is 70.9 Å². The molecule has 3 fully saturated rings. The van der Waals surface area contributed by atoms with Crippen molar-refractivity contribution in [3.05, 3.63) is 33.2 Å². The zero-order valence-corrected chi connectivity index (χ0v) is 22.8. The molecular weight excluding hydrogens is 532 g/mol. The summed E-state index contributed by atoms with van der Waals surface area (Å²) in [7, 11) is 1.37. The Morgan fingerprint density at radius 2 is 1.90 bits per heavy atom. The summed E-state index contributed by atoms with van der Waals surface area (Å²) in [6.07, 6.45) is -1.01. The lowest BCUT2D eigenvalue weighted by Gasteiger charge is -2.40. The molecule has 3 aliphatic heterocycles. The molecule has 0 saturated carbocycles. The summed E-state index contributed by atoms with van der Waals surface area (Å²) in [6, 6.07) is 1.86. The minimum Gasteiger partial charge on any atom is -0.467 e. The van der Waals surface area contributed by atoms with E-state index in [0.29, 0.717) is 24.9 Å². The molecule has 3 aliphatic rings. The van der Waals surface area contributed by atoms with Crippen molar-refractivity contribution in [3.8, 4) is 17.5 Å². The number of ether oxygens (including phenoxy) is 1. The highest BCUT2D eigenvalue weighted by atomic mass is 19.4. The lowest BCUT2D eigenvalue weighted by molar-refractivity contribution is -0.137. The molecule has 0 amide bonds. The van der Waals surface area contributed by atoms with Crippen LogP contribution in [-0.4, -0.2) is 64.9 Å². The smallest absolute Gasteiger partial charge is 0.418 e. The van der Waals surface area contributed by atoms with E-state index >= 15 is 0 Å². The van der Waals surface area contributed by atoms with E-state index in [4.69, 9.17) is 14.9 Å². The molecule has 3 aromatic rings. The maximum absolute atomic E-state index is 13.8. The van der Waals surface area contributed by atoms with Crippen LogP contribution < -0.4 is 21.0 Å². The zero-order valence-electron chi connectivity index (χ0n) is 22.8. The van der Waals surface area contributed by atoms with Crippen LogP contribution in [0.2, 0.25) is 0 Å². The molecule has 40 heavy (non-hydrogen) atoms. The fourth-order valence-corrected chi connectivity index (χ4v) is 5.82. The van der Waals surface area contributed by atoms with Crippen LogP contribution in [0.3, 0.4) is 0 Å². The Kier molecular flexibility index (Phi) is 7.36. The van der Waals surface area contributed by atoms with Crippen molar-refractivity contribution >= 4 is 22.5 Å². The molecule has 13 heteroatoms. The van der Waals surface area contributed by atoms with Crippen LogP contribution in [0.1, 0.15) is 49.3 Å². The Labute approximate surface area is 228 Å². The van der Waals surface area contributed by atoms with Crippen LogP contribution in [0.15, 0.2) is 15.3 Å². The Bertz CT molecular complexity index is 1480. The van der Waals surface area contributed by atoms with Gasteiger partial charge in [0.1, 0.15) is 23.1 Å². The molecule has 0 spiro atoms. The lowest BCUT2D eigenvalue weighted by Crippen LogP contribution is -2.46. The van der Waals surface area contributed by atoms with Gasteiger partial charge in [-0.2, -0.15) is 23.1 Å². The fraction of sp³-hybridized carbons (Fsp3) is 0.556. The van der Waals surface area contributed by atoms with Gasteiger partial charge in [0.25, 0.3) is 0 Å². The zero-order chi connectivity index (χ0) is 28.9. The summed E-state index contributed by atoms with van der Waals surface area (Å²) in [4.78, 5) is 29.6. The van der Waals surface area contributed by atoms with Gasteiger partial charge in [-0.15, -0.1) is 0 Å². The van der Waals surface area contributed by atoms with Crippen molar-refractivity contribution in [2.75, 3.05) is 37.4 Å². The van der Waals surface area contributed by atoms with Crippen molar-refractivity contribution in [2.24, 2.45) is 0 Å². The highest BCUT2D eigenvalue weighted by Crippen LogP contribution is 2.41. The molecule has 2 N–H and O–H groups in total. The second-order valence-corrected chi connectivity index (χ2v) is 10.6. The van der Waals surface area contributed by atoms with Gasteiger partial charge in [0.15, 0.2) is 11.6 Å². The van der Waals surface area contributed by atoms with E-state index in [1.165, 1.54) is 33.8 Å². The first-order valence-electron chi connectivity index (χ1n) is 13.3. The van der Waals surface area contributed by atoms with Crippen molar-refractivity contribution in [1.29, 1.82) is 0 Å². The molecule has 0 aromatic carbocycles. The molecule has 3 unspecified atom stereocenters. The number of halogens is 4. The number of fused-ring (bicyclic) bond motifs is 2. The van der Waals surface area contributed by atoms with Gasteiger partial charge in [-0.25, -0.2) is 14.2 Å². The summed E-state index contributed by atoms with van der Waals surface area (Å²) in [5, 5.41) is 0.0859. The minimum atomic E-state index is -4.73. The van der Waals surface area contributed by atoms with Crippen LogP contribution in [0, 0.1) is 13.8 Å². The van der Waals surface area contributed by atoms with E-state index in [9.17, 15) is 22.4 Å². The van der Waals surface area contributed by atoms with Crippen molar-refractivity contribution < 1.29 is 26.7 Å². The van der Waals surface area contributed by atoms with Crippen molar-refractivity contribution in [1.82, 2.24) is 19.9 Å². The third-order valence-electron chi connectivity index (χ3n) is 7.93. The standard InChI is InChI=1S/C20H20F3N5O3.C7H12FN/c1-8-7-11(24)25-15(13(8)20(21,22)23)16-10(3)14-12(18(29)31-16)17(27-19(26-14)30-4)28-6-5-9(28)2;8-6-4-7-2-1-3-9(7)5-6/h7,9H,5-6H2,1-4H3,(H2,24,25);6-7H,1-5H2. The summed E-state index contributed by atoms with van der Waals surface area (Å²) < 4.78 is 64.6. The highest BCUT2D eigenvalue weighted by molar-refractivity contribution is 5.93. The van der Waals surface area contributed by atoms with Gasteiger partial charge in [-0.3, -0.25) is 4.90 Å². The van der Waals surface area contributed by atoms with Crippen LogP contribution in [0.25, 0.3) is 22.4 Å². The largest absolute Gasteiger partial charge is 0.467 e. The SMILES string of the molecule is COc1nc(N2CCC2C)c2c(=O)oc(-c3nc(N)cc(C)c3C(F)(F)F)c(C)c2n1.FC1CC2CCCN2C1. The van der Waals surface area contributed by atoms with Crippen LogP contribution >= 0.6 is 0 Å². The summed E-state index contributed by atoms with van der Waals surface area (Å²) in [6.45, 7) is 7.28. The average Bonchev–Trinajstić information content (AvgIpc) is 3.44. The third-order valence-corrected chi connectivity index (χ3v) is 7.93. The van der Waals surface area contributed by atoms with Gasteiger partial charge in [-0.1, -0.05) is 0 Å². The first-order valence-corrected chi connectivity index (χ1v) is 13.3. The average molecular weight is 565 g/mol. The molecule has 0 aliphatic carbocycles. The van der Waals surface area contributed by atoms with Gasteiger partial charge in [0.05, 0.1) is 18.2 Å². The van der Waals surface area contributed by atoms with E-state index in [1.54, 1.807) is 0 Å². The number of pyridine rings is 1. The quantitative estimate of drug-likeness (QED) is 0.454. The number of aryl methyl sites for hydroxylation is 2. The minimum absolute atomic E-state index is 0.00555. The van der Waals surface area contributed by atoms with Gasteiger partial charge >= 0.3 is 17.8 Å². The number of methoxy groups -OCH3 is 1. The molecule has 3 atom stereocenters. The van der Waals surface area contributed by atoms with E-state index in [-0.39, 0.29) is 45.7 Å². The molecule has 3 saturated heterocycles. The van der Waals surface area contributed by atoms with Crippen LogP contribution in [0.4, 0.5) is 29.2 Å². The number of hydrogen-bond donors (Lipinski definition) is 1. The van der Waals surface area contributed by atoms with E-state index in [1.807, 2.05) is 11.8 Å². The van der Waals surface area contributed by atoms with Crippen LogP contribution in [0.5, 0.6) is 6.01 Å². The maximum atomic E-state index is 13.8. The molecule has 0 radical (unpaired) electrons. The lowest BCUT2D eigenvalue weighted by atomic mass is 10.0. The molecule has 216 valence electrons. The van der Waals surface area contributed by atoms with Gasteiger partial charge in [0.2, 0.25) is 0 Å². The number of aromatic nitrogens is 3. The summed E-state index contributed by atoms with van der Waals surface area (Å²) in [5.74, 6) is -0.140.